The van der Waals surface area contributed by atoms with Gasteiger partial charge in [-0.1, -0.05) is 20.8 Å². The predicted molar refractivity (Wildman–Crippen MR) is 87.3 cm³/mol. The van der Waals surface area contributed by atoms with E-state index in [0.29, 0.717) is 0 Å². The van der Waals surface area contributed by atoms with Crippen LogP contribution in [0.2, 0.25) is 0 Å². The van der Waals surface area contributed by atoms with Crippen molar-refractivity contribution in [3.05, 3.63) is 15.9 Å². The van der Waals surface area contributed by atoms with Gasteiger partial charge in [0.2, 0.25) is 0 Å². The van der Waals surface area contributed by atoms with E-state index >= 15 is 0 Å². The van der Waals surface area contributed by atoms with Crippen LogP contribution in [0.25, 0.3) is 0 Å². The van der Waals surface area contributed by atoms with Crippen LogP contribution in [0.4, 0.5) is 0 Å². The molecule has 0 aliphatic carbocycles. The summed E-state index contributed by atoms with van der Waals surface area (Å²) in [6, 6.07) is 0.278. The number of thioether (sulfide) groups is 1. The topological polar surface area (TPSA) is 55.9 Å². The van der Waals surface area contributed by atoms with Crippen LogP contribution < -0.4 is 11.3 Å². The maximum atomic E-state index is 5.67. The number of halogens is 1. The molecule has 1 heterocycles. The third kappa shape index (κ3) is 5.10. The van der Waals surface area contributed by atoms with E-state index in [1.165, 1.54) is 11.4 Å². The molecular formula is C13H25BrN4S. The summed E-state index contributed by atoms with van der Waals surface area (Å²) in [5, 5.41) is 4.52. The molecular weight excluding hydrogens is 324 g/mol. The van der Waals surface area contributed by atoms with Crippen molar-refractivity contribution in [1.82, 2.24) is 15.2 Å². The summed E-state index contributed by atoms with van der Waals surface area (Å²) in [5.74, 6) is 8.58. The Morgan fingerprint density at radius 2 is 2.11 bits per heavy atom. The molecule has 0 aromatic carbocycles. The van der Waals surface area contributed by atoms with Crippen LogP contribution in [0.5, 0.6) is 0 Å². The van der Waals surface area contributed by atoms with Crippen molar-refractivity contribution in [2.75, 3.05) is 11.5 Å². The molecule has 1 aromatic rings. The highest BCUT2D eigenvalue weighted by atomic mass is 79.9. The van der Waals surface area contributed by atoms with Gasteiger partial charge in [0.25, 0.3) is 0 Å². The number of nitrogens with one attached hydrogen (secondary N) is 1. The number of hydrogen-bond acceptors (Lipinski definition) is 4. The van der Waals surface area contributed by atoms with Crippen molar-refractivity contribution in [2.24, 2.45) is 18.8 Å². The summed E-state index contributed by atoms with van der Waals surface area (Å²) in [4.78, 5) is 0. The molecule has 1 atom stereocenters. The van der Waals surface area contributed by atoms with Crippen LogP contribution in [0.3, 0.4) is 0 Å². The summed E-state index contributed by atoms with van der Waals surface area (Å²) in [6.07, 6.45) is 1.84. The molecule has 0 saturated carbocycles. The number of hydrogen-bond donors (Lipinski definition) is 2. The molecule has 0 spiro atoms. The highest BCUT2D eigenvalue weighted by Gasteiger charge is 2.17. The minimum atomic E-state index is 0.278. The van der Waals surface area contributed by atoms with Gasteiger partial charge in [-0.05, 0) is 34.0 Å². The zero-order valence-corrected chi connectivity index (χ0v) is 14.6. The minimum absolute atomic E-state index is 0.278. The zero-order chi connectivity index (χ0) is 14.4. The molecule has 0 bridgehead atoms. The Balaban J connectivity index is 2.62. The quantitative estimate of drug-likeness (QED) is 0.559. The van der Waals surface area contributed by atoms with Gasteiger partial charge in [-0.15, -0.1) is 0 Å². The molecule has 19 heavy (non-hydrogen) atoms. The lowest BCUT2D eigenvalue weighted by Crippen LogP contribution is -2.39. The van der Waals surface area contributed by atoms with Gasteiger partial charge in [0, 0.05) is 25.3 Å². The third-order valence-electron chi connectivity index (χ3n) is 2.95. The standard InChI is InChI=1S/C13H25BrN4S/c1-5-11-13(14)12(18(4)17-11)6-10(16-15)8-19-7-9(2)3/h9-10,16H,5-8,15H2,1-4H3. The second-order valence-electron chi connectivity index (χ2n) is 5.18. The fraction of sp³-hybridized carbons (Fsp3) is 0.769. The minimum Gasteiger partial charge on any atom is -0.271 e. The fourth-order valence-electron chi connectivity index (χ4n) is 1.89. The van der Waals surface area contributed by atoms with E-state index < -0.39 is 0 Å². The summed E-state index contributed by atoms with van der Waals surface area (Å²) < 4.78 is 3.09. The average Bonchev–Trinajstić information content (AvgIpc) is 2.64. The van der Waals surface area contributed by atoms with Crippen molar-refractivity contribution >= 4 is 27.7 Å². The molecule has 0 radical (unpaired) electrons. The SMILES string of the molecule is CCc1nn(C)c(CC(CSCC(C)C)NN)c1Br. The molecule has 1 aromatic heterocycles. The normalized spacial score (nSPS) is 13.2. The molecule has 4 nitrogen and oxygen atoms in total. The molecule has 0 amide bonds. The number of rotatable bonds is 8. The van der Waals surface area contributed by atoms with Gasteiger partial charge in [-0.2, -0.15) is 16.9 Å². The van der Waals surface area contributed by atoms with Crippen molar-refractivity contribution in [2.45, 2.75) is 39.7 Å². The molecule has 6 heteroatoms. The van der Waals surface area contributed by atoms with Crippen molar-refractivity contribution < 1.29 is 0 Å². The van der Waals surface area contributed by atoms with Crippen molar-refractivity contribution in [1.29, 1.82) is 0 Å². The van der Waals surface area contributed by atoms with E-state index in [9.17, 15) is 0 Å². The number of hydrazine groups is 1. The summed E-state index contributed by atoms with van der Waals surface area (Å²) >= 11 is 5.60. The Kier molecular flexibility index (Phi) is 7.42. The Morgan fingerprint density at radius 1 is 1.42 bits per heavy atom. The van der Waals surface area contributed by atoms with Gasteiger partial charge in [0.1, 0.15) is 0 Å². The fourth-order valence-corrected chi connectivity index (χ4v) is 3.77. The van der Waals surface area contributed by atoms with Crippen LogP contribution in [0.1, 0.15) is 32.2 Å². The number of aryl methyl sites for hydroxylation is 2. The maximum absolute atomic E-state index is 5.67. The largest absolute Gasteiger partial charge is 0.271 e. The first-order chi connectivity index (χ1) is 8.99. The Labute approximate surface area is 129 Å². The summed E-state index contributed by atoms with van der Waals surface area (Å²) in [6.45, 7) is 6.60. The van der Waals surface area contributed by atoms with E-state index in [1.807, 2.05) is 23.5 Å². The molecule has 0 saturated heterocycles. The lowest BCUT2D eigenvalue weighted by molar-refractivity contribution is 0.549. The van der Waals surface area contributed by atoms with E-state index in [1.54, 1.807) is 0 Å². The van der Waals surface area contributed by atoms with Crippen molar-refractivity contribution in [3.8, 4) is 0 Å². The van der Waals surface area contributed by atoms with Gasteiger partial charge in [0.05, 0.1) is 15.9 Å². The van der Waals surface area contributed by atoms with E-state index in [2.05, 4.69) is 47.2 Å². The van der Waals surface area contributed by atoms with Gasteiger partial charge < -0.3 is 0 Å². The second-order valence-corrected chi connectivity index (χ2v) is 7.05. The van der Waals surface area contributed by atoms with Gasteiger partial charge in [-0.3, -0.25) is 16.0 Å². The zero-order valence-electron chi connectivity index (χ0n) is 12.2. The second kappa shape index (κ2) is 8.29. The monoisotopic (exact) mass is 348 g/mol. The van der Waals surface area contributed by atoms with Gasteiger partial charge >= 0.3 is 0 Å². The average molecular weight is 349 g/mol. The third-order valence-corrected chi connectivity index (χ3v) is 5.40. The van der Waals surface area contributed by atoms with Crippen LogP contribution in [0, 0.1) is 5.92 Å². The lowest BCUT2D eigenvalue weighted by atomic mass is 10.1. The van der Waals surface area contributed by atoms with Crippen LogP contribution >= 0.6 is 27.7 Å². The number of nitrogens with zero attached hydrogens (tertiary/aromatic N) is 2. The molecule has 110 valence electrons. The van der Waals surface area contributed by atoms with Crippen LogP contribution in [-0.4, -0.2) is 27.3 Å². The predicted octanol–water partition coefficient (Wildman–Crippen LogP) is 2.51. The van der Waals surface area contributed by atoms with E-state index in [0.717, 1.165) is 34.7 Å². The molecule has 0 fully saturated rings. The first-order valence-electron chi connectivity index (χ1n) is 6.73. The number of aromatic nitrogens is 2. The van der Waals surface area contributed by atoms with Crippen LogP contribution in [0.15, 0.2) is 4.47 Å². The van der Waals surface area contributed by atoms with Gasteiger partial charge in [0.15, 0.2) is 0 Å². The molecule has 3 N–H and O–H groups in total. The first-order valence-corrected chi connectivity index (χ1v) is 8.68. The van der Waals surface area contributed by atoms with E-state index in [4.69, 9.17) is 5.84 Å². The maximum Gasteiger partial charge on any atom is 0.0766 e. The Morgan fingerprint density at radius 3 is 2.58 bits per heavy atom. The smallest absolute Gasteiger partial charge is 0.0766 e. The first kappa shape index (κ1) is 17.0. The van der Waals surface area contributed by atoms with Crippen LogP contribution in [-0.2, 0) is 19.9 Å². The highest BCUT2D eigenvalue weighted by Crippen LogP contribution is 2.23. The summed E-state index contributed by atoms with van der Waals surface area (Å²) in [7, 11) is 1.99. The van der Waals surface area contributed by atoms with E-state index in [-0.39, 0.29) is 6.04 Å². The van der Waals surface area contributed by atoms with Crippen molar-refractivity contribution in [3.63, 3.8) is 0 Å². The molecule has 0 aliphatic rings. The lowest BCUT2D eigenvalue weighted by Gasteiger charge is -2.16. The Hall–Kier alpha value is -0.0400. The summed E-state index contributed by atoms with van der Waals surface area (Å²) in [5.41, 5.74) is 5.25. The number of nitrogens with two attached hydrogens (primary N) is 1. The molecule has 0 aliphatic heterocycles. The highest BCUT2D eigenvalue weighted by molar-refractivity contribution is 9.10. The van der Waals surface area contributed by atoms with Gasteiger partial charge in [-0.25, -0.2) is 0 Å². The Bertz CT molecular complexity index is 392. The molecule has 1 rings (SSSR count). The molecule has 1 unspecified atom stereocenters.